The van der Waals surface area contributed by atoms with E-state index < -0.39 is 0 Å². The van der Waals surface area contributed by atoms with Gasteiger partial charge in [0, 0.05) is 17.1 Å². The molecule has 4 rings (SSSR count). The van der Waals surface area contributed by atoms with Gasteiger partial charge >= 0.3 is 0 Å². The molecule has 0 saturated carbocycles. The van der Waals surface area contributed by atoms with Crippen LogP contribution in [0.1, 0.15) is 18.7 Å². The molecule has 2 heterocycles. The summed E-state index contributed by atoms with van der Waals surface area (Å²) < 4.78 is 17.0. The Balaban J connectivity index is 1.39. The first-order chi connectivity index (χ1) is 13.1. The number of carbonyl (C=O) groups excluding carboxylic acids is 1. The third-order valence-electron chi connectivity index (χ3n) is 4.74. The van der Waals surface area contributed by atoms with Gasteiger partial charge in [0.2, 0.25) is 5.91 Å². The molecule has 1 aliphatic rings. The number of hydrogen-bond acceptors (Lipinski definition) is 5. The zero-order valence-corrected chi connectivity index (χ0v) is 15.4. The maximum atomic E-state index is 12.4. The van der Waals surface area contributed by atoms with Crippen LogP contribution in [-0.2, 0) is 4.79 Å². The summed E-state index contributed by atoms with van der Waals surface area (Å²) in [5.74, 6) is 2.10. The summed E-state index contributed by atoms with van der Waals surface area (Å²) in [7, 11) is 1.90. The largest absolute Gasteiger partial charge is 0.486 e. The number of furan rings is 1. The van der Waals surface area contributed by atoms with E-state index in [1.807, 2.05) is 61.3 Å². The van der Waals surface area contributed by atoms with Gasteiger partial charge in [-0.05, 0) is 38.2 Å². The SMILES string of the molecule is CC(c1cc2ccccc2o1)N(C)CC(=O)Nc1ccc2c(c1)OCCO2. The van der Waals surface area contributed by atoms with E-state index in [2.05, 4.69) is 5.32 Å². The van der Waals surface area contributed by atoms with Gasteiger partial charge < -0.3 is 19.2 Å². The summed E-state index contributed by atoms with van der Waals surface area (Å²) in [6.45, 7) is 3.33. The summed E-state index contributed by atoms with van der Waals surface area (Å²) in [6, 6.07) is 15.3. The van der Waals surface area contributed by atoms with Crippen LogP contribution in [0.2, 0.25) is 0 Å². The minimum Gasteiger partial charge on any atom is -0.486 e. The number of likely N-dealkylation sites (N-methyl/N-ethyl adjacent to an activating group) is 1. The first kappa shape index (κ1) is 17.4. The lowest BCUT2D eigenvalue weighted by atomic mass is 10.2. The fraction of sp³-hybridized carbons (Fsp3) is 0.286. The Labute approximate surface area is 157 Å². The third kappa shape index (κ3) is 3.75. The lowest BCUT2D eigenvalue weighted by Gasteiger charge is -2.22. The van der Waals surface area contributed by atoms with Crippen molar-refractivity contribution in [3.8, 4) is 11.5 Å². The molecule has 1 unspecified atom stereocenters. The molecule has 27 heavy (non-hydrogen) atoms. The highest BCUT2D eigenvalue weighted by Gasteiger charge is 2.19. The molecule has 1 N–H and O–H groups in total. The van der Waals surface area contributed by atoms with Crippen molar-refractivity contribution < 1.29 is 18.7 Å². The number of carbonyl (C=O) groups is 1. The molecular weight excluding hydrogens is 344 g/mol. The Bertz CT molecular complexity index is 933. The average Bonchev–Trinajstić information content (AvgIpc) is 3.11. The molecule has 1 amide bonds. The number of para-hydroxylation sites is 1. The molecule has 0 bridgehead atoms. The van der Waals surface area contributed by atoms with E-state index in [4.69, 9.17) is 13.9 Å². The van der Waals surface area contributed by atoms with Crippen LogP contribution in [0.3, 0.4) is 0 Å². The number of hydrogen-bond donors (Lipinski definition) is 1. The molecule has 0 radical (unpaired) electrons. The van der Waals surface area contributed by atoms with Crippen molar-refractivity contribution in [2.45, 2.75) is 13.0 Å². The topological polar surface area (TPSA) is 63.9 Å². The fourth-order valence-corrected chi connectivity index (χ4v) is 3.11. The van der Waals surface area contributed by atoms with E-state index in [-0.39, 0.29) is 18.5 Å². The van der Waals surface area contributed by atoms with Crippen LogP contribution >= 0.6 is 0 Å². The van der Waals surface area contributed by atoms with Gasteiger partial charge in [0.25, 0.3) is 0 Å². The second-order valence-corrected chi connectivity index (χ2v) is 6.68. The van der Waals surface area contributed by atoms with Gasteiger partial charge in [0.15, 0.2) is 11.5 Å². The van der Waals surface area contributed by atoms with Gasteiger partial charge in [-0.1, -0.05) is 18.2 Å². The van der Waals surface area contributed by atoms with Crippen LogP contribution in [-0.4, -0.2) is 37.6 Å². The molecule has 0 saturated heterocycles. The van der Waals surface area contributed by atoms with Crippen molar-refractivity contribution in [1.29, 1.82) is 0 Å². The lowest BCUT2D eigenvalue weighted by molar-refractivity contribution is -0.117. The van der Waals surface area contributed by atoms with Crippen molar-refractivity contribution in [3.05, 3.63) is 54.3 Å². The van der Waals surface area contributed by atoms with Crippen molar-refractivity contribution in [2.75, 3.05) is 32.1 Å². The highest BCUT2D eigenvalue weighted by molar-refractivity contribution is 5.92. The Morgan fingerprint density at radius 1 is 1.11 bits per heavy atom. The third-order valence-corrected chi connectivity index (χ3v) is 4.74. The number of fused-ring (bicyclic) bond motifs is 2. The van der Waals surface area contributed by atoms with Gasteiger partial charge in [0.1, 0.15) is 24.6 Å². The first-order valence-electron chi connectivity index (χ1n) is 8.98. The summed E-state index contributed by atoms with van der Waals surface area (Å²) in [6.07, 6.45) is 0. The summed E-state index contributed by atoms with van der Waals surface area (Å²) in [5, 5.41) is 3.97. The number of rotatable bonds is 5. The normalized spacial score (nSPS) is 14.3. The molecule has 0 fully saturated rings. The molecule has 1 atom stereocenters. The predicted molar refractivity (Wildman–Crippen MR) is 103 cm³/mol. The number of benzene rings is 2. The lowest BCUT2D eigenvalue weighted by Crippen LogP contribution is -2.32. The van der Waals surface area contributed by atoms with Crippen LogP contribution in [0.4, 0.5) is 5.69 Å². The van der Waals surface area contributed by atoms with E-state index in [1.165, 1.54) is 0 Å². The minimum atomic E-state index is -0.0999. The smallest absolute Gasteiger partial charge is 0.238 e. The summed E-state index contributed by atoms with van der Waals surface area (Å²) >= 11 is 0. The number of nitrogens with one attached hydrogen (secondary N) is 1. The van der Waals surface area contributed by atoms with E-state index in [0.717, 1.165) is 16.7 Å². The van der Waals surface area contributed by atoms with Crippen LogP contribution in [0, 0.1) is 0 Å². The van der Waals surface area contributed by atoms with Gasteiger partial charge in [-0.2, -0.15) is 0 Å². The quantitative estimate of drug-likeness (QED) is 0.743. The Hall–Kier alpha value is -2.99. The van der Waals surface area contributed by atoms with Crippen molar-refractivity contribution in [2.24, 2.45) is 0 Å². The number of anilines is 1. The zero-order valence-electron chi connectivity index (χ0n) is 15.4. The molecule has 6 heteroatoms. The van der Waals surface area contributed by atoms with E-state index >= 15 is 0 Å². The van der Waals surface area contributed by atoms with Crippen molar-refractivity contribution in [3.63, 3.8) is 0 Å². The molecule has 2 aromatic carbocycles. The first-order valence-corrected chi connectivity index (χ1v) is 8.98. The summed E-state index contributed by atoms with van der Waals surface area (Å²) in [5.41, 5.74) is 1.54. The monoisotopic (exact) mass is 366 g/mol. The zero-order chi connectivity index (χ0) is 18.8. The average molecular weight is 366 g/mol. The number of ether oxygens (including phenoxy) is 2. The molecular formula is C21H22N2O4. The van der Waals surface area contributed by atoms with Gasteiger partial charge in [-0.3, -0.25) is 9.69 Å². The fourth-order valence-electron chi connectivity index (χ4n) is 3.11. The van der Waals surface area contributed by atoms with Crippen LogP contribution in [0.15, 0.2) is 52.9 Å². The highest BCUT2D eigenvalue weighted by Crippen LogP contribution is 2.32. The van der Waals surface area contributed by atoms with E-state index in [0.29, 0.717) is 30.4 Å². The summed E-state index contributed by atoms with van der Waals surface area (Å²) in [4.78, 5) is 14.4. The van der Waals surface area contributed by atoms with Crippen molar-refractivity contribution >= 4 is 22.6 Å². The Kier molecular flexibility index (Phi) is 4.73. The van der Waals surface area contributed by atoms with Gasteiger partial charge in [0.05, 0.1) is 12.6 Å². The molecule has 1 aliphatic heterocycles. The molecule has 6 nitrogen and oxygen atoms in total. The molecule has 140 valence electrons. The number of amides is 1. The van der Waals surface area contributed by atoms with Crippen LogP contribution in [0.25, 0.3) is 11.0 Å². The molecule has 3 aromatic rings. The second-order valence-electron chi connectivity index (χ2n) is 6.68. The van der Waals surface area contributed by atoms with E-state index in [9.17, 15) is 4.79 Å². The Morgan fingerprint density at radius 3 is 2.70 bits per heavy atom. The maximum absolute atomic E-state index is 12.4. The molecule has 0 aliphatic carbocycles. The highest BCUT2D eigenvalue weighted by atomic mass is 16.6. The maximum Gasteiger partial charge on any atom is 0.238 e. The predicted octanol–water partition coefficient (Wildman–Crippen LogP) is 3.84. The van der Waals surface area contributed by atoms with E-state index in [1.54, 1.807) is 6.07 Å². The second kappa shape index (κ2) is 7.32. The molecule has 0 spiro atoms. The number of nitrogens with zero attached hydrogens (tertiary/aromatic N) is 1. The molecule has 1 aromatic heterocycles. The van der Waals surface area contributed by atoms with Crippen LogP contribution in [0.5, 0.6) is 11.5 Å². The van der Waals surface area contributed by atoms with Gasteiger partial charge in [-0.25, -0.2) is 0 Å². The van der Waals surface area contributed by atoms with Crippen molar-refractivity contribution in [1.82, 2.24) is 4.90 Å². The standard InChI is InChI=1S/C21H22N2O4/c1-14(19-11-15-5-3-4-6-17(15)27-19)23(2)13-21(24)22-16-7-8-18-20(12-16)26-10-9-25-18/h3-8,11-12,14H,9-10,13H2,1-2H3,(H,22,24). The van der Waals surface area contributed by atoms with Gasteiger partial charge in [-0.15, -0.1) is 0 Å². The minimum absolute atomic E-state index is 0.0246. The van der Waals surface area contributed by atoms with Crippen LogP contribution < -0.4 is 14.8 Å². The Morgan fingerprint density at radius 2 is 1.89 bits per heavy atom.